The first-order chi connectivity index (χ1) is 47.2. The van der Waals surface area contributed by atoms with Gasteiger partial charge < -0.3 is 34.2 Å². The molecule has 0 aromatic carbocycles. The molecule has 0 rings (SSSR count). The van der Waals surface area contributed by atoms with Crippen LogP contribution in [0.15, 0.2) is 134 Å². The first kappa shape index (κ1) is 92.7. The van der Waals surface area contributed by atoms with Crippen molar-refractivity contribution in [3.05, 3.63) is 134 Å². The molecule has 0 aromatic heterocycles. The highest BCUT2D eigenvalue weighted by Gasteiger charge is 2.29. The Kier molecular flexibility index (Phi) is 68.3. The number of hydrogen-bond acceptors (Lipinski definition) is 14. The van der Waals surface area contributed by atoms with Gasteiger partial charge in [-0.15, -0.1) is 0 Å². The summed E-state index contributed by atoms with van der Waals surface area (Å²) < 4.78 is 61.0. The van der Waals surface area contributed by atoms with Gasteiger partial charge in [0.05, 0.1) is 26.4 Å². The van der Waals surface area contributed by atoms with Crippen molar-refractivity contribution in [3.8, 4) is 0 Å². The van der Waals surface area contributed by atoms with E-state index in [1.54, 1.807) is 0 Å². The Morgan fingerprint density at radius 3 is 0.866 bits per heavy atom. The number of aliphatic hydroxyl groups is 2. The van der Waals surface area contributed by atoms with Gasteiger partial charge in [-0.05, 0) is 135 Å². The van der Waals surface area contributed by atoms with Crippen LogP contribution in [0.3, 0.4) is 0 Å². The molecular weight excluding hydrogens is 1270 g/mol. The first-order valence-corrected chi connectivity index (χ1v) is 40.5. The number of ether oxygens (including phenoxy) is 3. The molecule has 0 heterocycles. The molecule has 0 saturated heterocycles. The van der Waals surface area contributed by atoms with E-state index in [-0.39, 0.29) is 19.3 Å². The van der Waals surface area contributed by atoms with Crippen molar-refractivity contribution in [3.63, 3.8) is 0 Å². The molecule has 0 aromatic rings. The monoisotopic (exact) mass is 1400 g/mol. The minimum atomic E-state index is -4.94. The van der Waals surface area contributed by atoms with E-state index in [9.17, 15) is 43.5 Å². The second-order valence-corrected chi connectivity index (χ2v) is 27.6. The predicted octanol–water partition coefficient (Wildman–Crippen LogP) is 21.5. The van der Waals surface area contributed by atoms with Crippen molar-refractivity contribution < 1.29 is 75.8 Å². The molecule has 4 N–H and O–H groups in total. The van der Waals surface area contributed by atoms with Crippen molar-refractivity contribution in [1.29, 1.82) is 0 Å². The normalized spacial score (nSPS) is 14.8. The first-order valence-electron chi connectivity index (χ1n) is 37.5. The number of carbonyl (C=O) groups is 3. The number of aliphatic hydroxyl groups excluding tert-OH is 2. The average Bonchev–Trinajstić information content (AvgIpc) is 2.38. The van der Waals surface area contributed by atoms with Gasteiger partial charge in [0.15, 0.2) is 6.10 Å². The summed E-state index contributed by atoms with van der Waals surface area (Å²) in [5.74, 6) is -1.62. The molecule has 0 fully saturated rings. The summed E-state index contributed by atoms with van der Waals surface area (Å²) in [6.45, 7) is 2.38. The summed E-state index contributed by atoms with van der Waals surface area (Å²) in [6, 6.07) is 0. The zero-order valence-corrected chi connectivity index (χ0v) is 62.2. The van der Waals surface area contributed by atoms with Crippen molar-refractivity contribution in [1.82, 2.24) is 0 Å². The maximum atomic E-state index is 13.0. The predicted molar refractivity (Wildman–Crippen MR) is 399 cm³/mol. The fourth-order valence-corrected chi connectivity index (χ4v) is 11.3. The molecular formula is C79H134O16P2. The van der Waals surface area contributed by atoms with Gasteiger partial charge in [-0.2, -0.15) is 0 Å². The standard InChI is InChI=1S/C79H134O16P2/c1-4-7-10-13-16-19-22-25-28-31-32-33-34-35-36-37-38-39-40-43-45-47-50-53-56-59-62-65-77(82)89-68-74(80)69-91-96(85,86)92-70-75(81)71-93-97(87,88)94-73-76(95-79(84)67-64-61-58-55-52-49-46-42-30-27-24-21-18-15-12-9-6-3)72-90-78(83)66-63-60-57-54-51-48-44-41-29-26-23-20-17-14-11-8-5-2/h8-9,11-12,16-21,25-30,32-33,35-36,44,48,74-76,80-81H,4-7,10,13-15,22-24,31,34,37-43,45-47,49-73H2,1-3H3,(H,85,86)(H,87,88)/b11-8-,12-9-,19-16-,20-17-,21-18-,28-25-,29-26-,30-27-,33-32-,36-35-,48-44-. The van der Waals surface area contributed by atoms with Crippen LogP contribution in [0.2, 0.25) is 0 Å². The molecule has 0 aliphatic rings. The van der Waals surface area contributed by atoms with Crippen LogP contribution in [0, 0.1) is 0 Å². The molecule has 0 amide bonds. The number of unbranched alkanes of at least 4 members (excludes halogenated alkanes) is 25. The fraction of sp³-hybridized carbons (Fsp3) is 0.684. The van der Waals surface area contributed by atoms with E-state index in [0.717, 1.165) is 161 Å². The fourth-order valence-electron chi connectivity index (χ4n) is 9.68. The van der Waals surface area contributed by atoms with Crippen LogP contribution in [0.5, 0.6) is 0 Å². The Hall–Kier alpha value is -4.31. The summed E-state index contributed by atoms with van der Waals surface area (Å²) in [6.07, 6.45) is 85.0. The number of allylic oxidation sites excluding steroid dienone is 22. The van der Waals surface area contributed by atoms with Crippen LogP contribution in [0.25, 0.3) is 0 Å². The van der Waals surface area contributed by atoms with E-state index in [0.29, 0.717) is 19.3 Å². The topological polar surface area (TPSA) is 231 Å². The molecule has 97 heavy (non-hydrogen) atoms. The van der Waals surface area contributed by atoms with Crippen molar-refractivity contribution >= 4 is 33.6 Å². The lowest BCUT2D eigenvalue weighted by atomic mass is 10.0. The van der Waals surface area contributed by atoms with E-state index in [1.165, 1.54) is 70.6 Å². The number of phosphoric acid groups is 2. The van der Waals surface area contributed by atoms with Gasteiger partial charge in [-0.1, -0.05) is 270 Å². The van der Waals surface area contributed by atoms with E-state index in [1.807, 2.05) is 0 Å². The van der Waals surface area contributed by atoms with Crippen LogP contribution in [-0.4, -0.2) is 95.9 Å². The lowest BCUT2D eigenvalue weighted by molar-refractivity contribution is -0.161. The Morgan fingerprint density at radius 2 is 0.546 bits per heavy atom. The third-order valence-corrected chi connectivity index (χ3v) is 17.2. The highest BCUT2D eigenvalue weighted by molar-refractivity contribution is 7.47. The van der Waals surface area contributed by atoms with Crippen molar-refractivity contribution in [2.45, 2.75) is 309 Å². The van der Waals surface area contributed by atoms with Crippen LogP contribution >= 0.6 is 15.6 Å². The van der Waals surface area contributed by atoms with Gasteiger partial charge in [-0.3, -0.25) is 32.5 Å². The number of phosphoric ester groups is 2. The largest absolute Gasteiger partial charge is 0.472 e. The molecule has 16 nitrogen and oxygen atoms in total. The van der Waals surface area contributed by atoms with E-state index >= 15 is 0 Å². The Morgan fingerprint density at radius 1 is 0.299 bits per heavy atom. The van der Waals surface area contributed by atoms with Crippen molar-refractivity contribution in [2.75, 3.05) is 39.6 Å². The van der Waals surface area contributed by atoms with Crippen LogP contribution < -0.4 is 0 Å². The second-order valence-electron chi connectivity index (χ2n) is 24.7. The Balaban J connectivity index is 4.59. The van der Waals surface area contributed by atoms with Crippen molar-refractivity contribution in [2.24, 2.45) is 0 Å². The van der Waals surface area contributed by atoms with Crippen LogP contribution in [0.4, 0.5) is 0 Å². The third-order valence-electron chi connectivity index (χ3n) is 15.3. The SMILES string of the molecule is CC/C=C\C/C=C\C/C=C\C/C=C\CCCCCCC(=O)OCC(COP(=O)(O)OCC(O)COP(=O)(O)OCC(O)COC(=O)CCCCCCCCCCCCC/C=C\C/C=C\C/C=C\C/C=C\CCCCC)OC(=O)CCCCCCCCC/C=C\C/C=C\C/C=C\CC. The molecule has 556 valence electrons. The summed E-state index contributed by atoms with van der Waals surface area (Å²) in [5, 5.41) is 20.6. The zero-order valence-electron chi connectivity index (χ0n) is 60.5. The highest BCUT2D eigenvalue weighted by Crippen LogP contribution is 2.45. The maximum Gasteiger partial charge on any atom is 0.472 e. The molecule has 0 spiro atoms. The van der Waals surface area contributed by atoms with Gasteiger partial charge in [0.25, 0.3) is 0 Å². The van der Waals surface area contributed by atoms with Crippen LogP contribution in [-0.2, 0) is 55.8 Å². The lowest BCUT2D eigenvalue weighted by Crippen LogP contribution is -2.30. The highest BCUT2D eigenvalue weighted by atomic mass is 31.2. The smallest absolute Gasteiger partial charge is 0.463 e. The summed E-state index contributed by atoms with van der Waals surface area (Å²) >= 11 is 0. The molecule has 0 aliphatic heterocycles. The van der Waals surface area contributed by atoms with Crippen LogP contribution in [0.1, 0.15) is 290 Å². The third kappa shape index (κ3) is 72.8. The zero-order chi connectivity index (χ0) is 70.9. The molecule has 0 bridgehead atoms. The van der Waals surface area contributed by atoms with Gasteiger partial charge >= 0.3 is 33.6 Å². The number of hydrogen-bond donors (Lipinski definition) is 4. The van der Waals surface area contributed by atoms with Gasteiger partial charge in [0, 0.05) is 19.3 Å². The van der Waals surface area contributed by atoms with E-state index < -0.39 is 91.5 Å². The van der Waals surface area contributed by atoms with E-state index in [4.69, 9.17) is 32.3 Å². The molecule has 18 heteroatoms. The lowest BCUT2D eigenvalue weighted by Gasteiger charge is -2.21. The maximum absolute atomic E-state index is 13.0. The summed E-state index contributed by atoms with van der Waals surface area (Å²) in [4.78, 5) is 58.5. The van der Waals surface area contributed by atoms with Gasteiger partial charge in [-0.25, -0.2) is 9.13 Å². The average molecular weight is 1400 g/mol. The molecule has 0 saturated carbocycles. The molecule has 0 radical (unpaired) electrons. The molecule has 0 aliphatic carbocycles. The molecule has 5 unspecified atom stereocenters. The summed E-state index contributed by atoms with van der Waals surface area (Å²) in [5.41, 5.74) is 0. The van der Waals surface area contributed by atoms with E-state index in [2.05, 4.69) is 154 Å². The number of rotatable bonds is 70. The number of carbonyl (C=O) groups excluding carboxylic acids is 3. The molecule has 5 atom stereocenters. The Labute approximate surface area is 588 Å². The minimum absolute atomic E-state index is 0.0841. The minimum Gasteiger partial charge on any atom is -0.463 e. The van der Waals surface area contributed by atoms with Gasteiger partial charge in [0.1, 0.15) is 25.4 Å². The number of esters is 3. The summed E-state index contributed by atoms with van der Waals surface area (Å²) in [7, 11) is -9.80. The van der Waals surface area contributed by atoms with Gasteiger partial charge in [0.2, 0.25) is 0 Å². The Bertz CT molecular complexity index is 2300. The second kappa shape index (κ2) is 71.5. The quantitative estimate of drug-likeness (QED) is 0.0146.